The van der Waals surface area contributed by atoms with Gasteiger partial charge in [-0.15, -0.1) is 0 Å². The molecule has 2 unspecified atom stereocenters. The fourth-order valence-electron chi connectivity index (χ4n) is 2.44. The van der Waals surface area contributed by atoms with E-state index in [0.717, 1.165) is 25.1 Å². The molecule has 0 aromatic heterocycles. The van der Waals surface area contributed by atoms with E-state index in [9.17, 15) is 4.79 Å². The Balaban J connectivity index is 2.07. The second-order valence-electron chi connectivity index (χ2n) is 5.20. The number of benzene rings is 1. The van der Waals surface area contributed by atoms with Crippen LogP contribution >= 0.6 is 11.6 Å². The molecule has 2 rings (SSSR count). The Morgan fingerprint density at radius 1 is 1.53 bits per heavy atom. The van der Waals surface area contributed by atoms with Gasteiger partial charge in [-0.25, -0.2) is 4.79 Å². The normalized spacial score (nSPS) is 24.2. The Morgan fingerprint density at radius 2 is 2.26 bits per heavy atom. The van der Waals surface area contributed by atoms with Gasteiger partial charge in [0.25, 0.3) is 0 Å². The second kappa shape index (κ2) is 5.80. The molecule has 1 fully saturated rings. The van der Waals surface area contributed by atoms with Crippen LogP contribution in [0.5, 0.6) is 0 Å². The number of aromatic carboxylic acids is 1. The standard InChI is InChI=1S/C14H19ClN2O2/c1-9-7-11(5-6-17(9)2)16-10-3-4-13(15)12(8-10)14(18)19/h3-4,8-9,11,16H,5-7H2,1-2H3,(H,18,19). The van der Waals surface area contributed by atoms with E-state index in [0.29, 0.717) is 12.1 Å². The molecule has 4 nitrogen and oxygen atoms in total. The zero-order chi connectivity index (χ0) is 14.0. The molecule has 104 valence electrons. The Labute approximate surface area is 118 Å². The van der Waals surface area contributed by atoms with Gasteiger partial charge < -0.3 is 15.3 Å². The summed E-state index contributed by atoms with van der Waals surface area (Å²) in [5.74, 6) is -0.995. The van der Waals surface area contributed by atoms with Crippen molar-refractivity contribution in [2.75, 3.05) is 18.9 Å². The number of halogens is 1. The predicted octanol–water partition coefficient (Wildman–Crippen LogP) is 2.93. The Kier molecular flexibility index (Phi) is 4.32. The number of anilines is 1. The topological polar surface area (TPSA) is 52.6 Å². The lowest BCUT2D eigenvalue weighted by atomic mass is 9.98. The number of likely N-dealkylation sites (tertiary alicyclic amines) is 1. The van der Waals surface area contributed by atoms with Crippen molar-refractivity contribution < 1.29 is 9.90 Å². The third-order valence-electron chi connectivity index (χ3n) is 3.78. The van der Waals surface area contributed by atoms with E-state index in [2.05, 4.69) is 24.2 Å². The summed E-state index contributed by atoms with van der Waals surface area (Å²) in [6.07, 6.45) is 2.12. The van der Waals surface area contributed by atoms with E-state index in [1.165, 1.54) is 0 Å². The van der Waals surface area contributed by atoms with Gasteiger partial charge in [0.05, 0.1) is 10.6 Å². The van der Waals surface area contributed by atoms with E-state index in [1.54, 1.807) is 12.1 Å². The van der Waals surface area contributed by atoms with Gasteiger partial charge in [-0.2, -0.15) is 0 Å². The lowest BCUT2D eigenvalue weighted by Gasteiger charge is -2.35. The Bertz CT molecular complexity index is 479. The van der Waals surface area contributed by atoms with Crippen molar-refractivity contribution in [2.45, 2.75) is 31.8 Å². The monoisotopic (exact) mass is 282 g/mol. The summed E-state index contributed by atoms with van der Waals surface area (Å²) in [7, 11) is 2.13. The average Bonchev–Trinajstić information content (AvgIpc) is 2.36. The van der Waals surface area contributed by atoms with Crippen LogP contribution in [0.25, 0.3) is 0 Å². The number of carboxylic acids is 1. The van der Waals surface area contributed by atoms with Gasteiger partial charge in [-0.05, 0) is 45.0 Å². The van der Waals surface area contributed by atoms with Gasteiger partial charge in [-0.1, -0.05) is 11.6 Å². The summed E-state index contributed by atoms with van der Waals surface area (Å²) in [6.45, 7) is 3.26. The van der Waals surface area contributed by atoms with Gasteiger partial charge in [0.2, 0.25) is 0 Å². The molecule has 0 spiro atoms. The van der Waals surface area contributed by atoms with Crippen LogP contribution < -0.4 is 5.32 Å². The van der Waals surface area contributed by atoms with Crippen molar-refractivity contribution in [3.05, 3.63) is 28.8 Å². The number of hydrogen-bond acceptors (Lipinski definition) is 3. The summed E-state index contributed by atoms with van der Waals surface area (Å²) < 4.78 is 0. The molecule has 0 bridgehead atoms. The maximum Gasteiger partial charge on any atom is 0.337 e. The highest BCUT2D eigenvalue weighted by Gasteiger charge is 2.22. The van der Waals surface area contributed by atoms with Gasteiger partial charge in [0.1, 0.15) is 0 Å². The lowest BCUT2D eigenvalue weighted by Crippen LogP contribution is -2.42. The molecule has 5 heteroatoms. The maximum absolute atomic E-state index is 11.0. The molecule has 19 heavy (non-hydrogen) atoms. The van der Waals surface area contributed by atoms with Gasteiger partial charge >= 0.3 is 5.97 Å². The first kappa shape index (κ1) is 14.2. The van der Waals surface area contributed by atoms with E-state index in [4.69, 9.17) is 16.7 Å². The first-order valence-corrected chi connectivity index (χ1v) is 6.85. The smallest absolute Gasteiger partial charge is 0.337 e. The van der Waals surface area contributed by atoms with E-state index >= 15 is 0 Å². The number of nitrogens with zero attached hydrogens (tertiary/aromatic N) is 1. The summed E-state index contributed by atoms with van der Waals surface area (Å²) in [4.78, 5) is 13.4. The van der Waals surface area contributed by atoms with E-state index in [1.807, 2.05) is 6.07 Å². The van der Waals surface area contributed by atoms with Crippen LogP contribution in [-0.4, -0.2) is 41.7 Å². The average molecular weight is 283 g/mol. The van der Waals surface area contributed by atoms with E-state index in [-0.39, 0.29) is 10.6 Å². The van der Waals surface area contributed by atoms with Crippen molar-refractivity contribution in [2.24, 2.45) is 0 Å². The van der Waals surface area contributed by atoms with Crippen molar-refractivity contribution in [1.82, 2.24) is 4.90 Å². The summed E-state index contributed by atoms with van der Waals surface area (Å²) in [6, 6.07) is 5.99. The van der Waals surface area contributed by atoms with Crippen molar-refractivity contribution in [3.8, 4) is 0 Å². The highest BCUT2D eigenvalue weighted by atomic mass is 35.5. The minimum atomic E-state index is -0.995. The lowest BCUT2D eigenvalue weighted by molar-refractivity contribution is 0.0697. The molecule has 2 atom stereocenters. The second-order valence-corrected chi connectivity index (χ2v) is 5.60. The van der Waals surface area contributed by atoms with Crippen LogP contribution in [0.4, 0.5) is 5.69 Å². The van der Waals surface area contributed by atoms with Gasteiger partial charge in [-0.3, -0.25) is 0 Å². The highest BCUT2D eigenvalue weighted by molar-refractivity contribution is 6.33. The number of nitrogens with one attached hydrogen (secondary N) is 1. The highest BCUT2D eigenvalue weighted by Crippen LogP contribution is 2.24. The third-order valence-corrected chi connectivity index (χ3v) is 4.11. The summed E-state index contributed by atoms with van der Waals surface area (Å²) >= 11 is 5.86. The molecule has 1 aliphatic heterocycles. The minimum absolute atomic E-state index is 0.146. The molecule has 1 aromatic carbocycles. The quantitative estimate of drug-likeness (QED) is 0.895. The number of carbonyl (C=O) groups is 1. The van der Waals surface area contributed by atoms with Crippen LogP contribution in [0.1, 0.15) is 30.1 Å². The molecule has 0 radical (unpaired) electrons. The first-order valence-electron chi connectivity index (χ1n) is 6.47. The molecule has 0 saturated carbocycles. The van der Waals surface area contributed by atoms with Crippen molar-refractivity contribution >= 4 is 23.3 Å². The molecular weight excluding hydrogens is 264 g/mol. The number of carboxylic acid groups (broad SMARTS) is 1. The van der Waals surface area contributed by atoms with Crippen molar-refractivity contribution in [1.29, 1.82) is 0 Å². The zero-order valence-electron chi connectivity index (χ0n) is 11.2. The van der Waals surface area contributed by atoms with Crippen LogP contribution in [0.2, 0.25) is 5.02 Å². The van der Waals surface area contributed by atoms with Crippen molar-refractivity contribution in [3.63, 3.8) is 0 Å². The molecule has 2 N–H and O–H groups in total. The van der Waals surface area contributed by atoms with E-state index < -0.39 is 5.97 Å². The predicted molar refractivity (Wildman–Crippen MR) is 77.1 cm³/mol. The van der Waals surface area contributed by atoms with Crippen LogP contribution in [0.15, 0.2) is 18.2 Å². The summed E-state index contributed by atoms with van der Waals surface area (Å²) in [5.41, 5.74) is 0.969. The Hall–Kier alpha value is -1.26. The number of hydrogen-bond donors (Lipinski definition) is 2. The fraction of sp³-hybridized carbons (Fsp3) is 0.500. The maximum atomic E-state index is 11.0. The molecule has 1 saturated heterocycles. The number of piperidine rings is 1. The van der Waals surface area contributed by atoms with Crippen LogP contribution in [-0.2, 0) is 0 Å². The van der Waals surface area contributed by atoms with Crippen LogP contribution in [0, 0.1) is 0 Å². The third kappa shape index (κ3) is 3.39. The fourth-order valence-corrected chi connectivity index (χ4v) is 2.63. The SMILES string of the molecule is CC1CC(Nc2ccc(Cl)c(C(=O)O)c2)CCN1C. The molecule has 1 aromatic rings. The van der Waals surface area contributed by atoms with Gasteiger partial charge in [0.15, 0.2) is 0 Å². The van der Waals surface area contributed by atoms with Gasteiger partial charge in [0, 0.05) is 24.3 Å². The number of rotatable bonds is 3. The molecule has 0 aliphatic carbocycles. The molecule has 1 aliphatic rings. The molecular formula is C14H19ClN2O2. The first-order chi connectivity index (χ1) is 8.97. The largest absolute Gasteiger partial charge is 0.478 e. The Morgan fingerprint density at radius 3 is 2.89 bits per heavy atom. The minimum Gasteiger partial charge on any atom is -0.478 e. The van der Waals surface area contributed by atoms with Crippen LogP contribution in [0.3, 0.4) is 0 Å². The molecule has 1 heterocycles. The summed E-state index contributed by atoms with van der Waals surface area (Å²) in [5, 5.41) is 12.7. The zero-order valence-corrected chi connectivity index (χ0v) is 11.9. The molecule has 0 amide bonds.